The quantitative estimate of drug-likeness (QED) is 0.850. The summed E-state index contributed by atoms with van der Waals surface area (Å²) < 4.78 is 13.0. The van der Waals surface area contributed by atoms with Crippen molar-refractivity contribution in [1.29, 1.82) is 0 Å². The van der Waals surface area contributed by atoms with E-state index >= 15 is 0 Å². The Hall–Kier alpha value is -1.64. The Morgan fingerprint density at radius 2 is 2.06 bits per heavy atom. The Kier molecular flexibility index (Phi) is 4.44. The van der Waals surface area contributed by atoms with E-state index < -0.39 is 5.97 Å². The number of hydrogen-bond acceptors (Lipinski definition) is 1. The largest absolute Gasteiger partial charge is 0.481 e. The molecular weight excluding hydrogens is 219 g/mol. The molecule has 0 amide bonds. The van der Waals surface area contributed by atoms with Crippen LogP contribution in [-0.4, -0.2) is 11.1 Å². The molecule has 0 saturated heterocycles. The predicted molar refractivity (Wildman–Crippen MR) is 66.3 cm³/mol. The van der Waals surface area contributed by atoms with E-state index in [1.54, 1.807) is 6.07 Å². The first kappa shape index (κ1) is 13.4. The predicted octanol–water partition coefficient (Wildman–Crippen LogP) is 3.66. The third kappa shape index (κ3) is 2.93. The molecule has 2 nitrogen and oxygen atoms in total. The second-order valence-corrected chi connectivity index (χ2v) is 3.81. The monoisotopic (exact) mass is 236 g/mol. The molecule has 1 aromatic rings. The van der Waals surface area contributed by atoms with Crippen molar-refractivity contribution in [3.05, 3.63) is 40.7 Å². The van der Waals surface area contributed by atoms with Crippen LogP contribution in [0.2, 0.25) is 0 Å². The van der Waals surface area contributed by atoms with Crippen molar-refractivity contribution >= 4 is 11.5 Å². The number of aliphatic carboxylic acids is 1. The molecule has 0 heterocycles. The van der Waals surface area contributed by atoms with Crippen LogP contribution >= 0.6 is 0 Å². The van der Waals surface area contributed by atoms with Crippen LogP contribution in [0.15, 0.2) is 23.8 Å². The number of fused-ring (bicyclic) bond motifs is 1. The first-order valence-corrected chi connectivity index (χ1v) is 5.77. The molecule has 1 aliphatic rings. The van der Waals surface area contributed by atoms with Crippen molar-refractivity contribution in [3.8, 4) is 0 Å². The fourth-order valence-corrected chi connectivity index (χ4v) is 2.00. The Balaban J connectivity index is 0.000000686. The highest BCUT2D eigenvalue weighted by Crippen LogP contribution is 2.35. The molecule has 0 bridgehead atoms. The van der Waals surface area contributed by atoms with Crippen LogP contribution in [0, 0.1) is 5.82 Å². The van der Waals surface area contributed by atoms with Crippen LogP contribution in [-0.2, 0) is 11.2 Å². The number of carbonyl (C=O) groups is 1. The Labute approximate surface area is 101 Å². The van der Waals surface area contributed by atoms with E-state index in [1.807, 2.05) is 20.8 Å². The van der Waals surface area contributed by atoms with Gasteiger partial charge in [0.15, 0.2) is 0 Å². The molecule has 3 heteroatoms. The molecule has 0 aromatic heterocycles. The lowest BCUT2D eigenvalue weighted by Crippen LogP contribution is -1.97. The van der Waals surface area contributed by atoms with Gasteiger partial charge in [-0.25, -0.2) is 4.39 Å². The first-order chi connectivity index (χ1) is 8.08. The van der Waals surface area contributed by atoms with Gasteiger partial charge in [-0.2, -0.15) is 0 Å². The minimum Gasteiger partial charge on any atom is -0.481 e. The second kappa shape index (κ2) is 5.62. The molecule has 1 aromatic carbocycles. The molecular formula is C14H17FO2. The zero-order valence-corrected chi connectivity index (χ0v) is 10.4. The summed E-state index contributed by atoms with van der Waals surface area (Å²) in [4.78, 5) is 10.7. The number of halogens is 1. The van der Waals surface area contributed by atoms with Crippen LogP contribution in [0.1, 0.15) is 38.3 Å². The SMILES string of the molecule is CC.CC1=C(CC(=O)O)c2cc(F)ccc2C1. The molecule has 0 saturated carbocycles. The fraction of sp³-hybridized carbons (Fsp3) is 0.357. The fourth-order valence-electron chi connectivity index (χ4n) is 2.00. The van der Waals surface area contributed by atoms with Gasteiger partial charge in [-0.15, -0.1) is 0 Å². The van der Waals surface area contributed by atoms with Crippen molar-refractivity contribution in [2.24, 2.45) is 0 Å². The average molecular weight is 236 g/mol. The van der Waals surface area contributed by atoms with E-state index in [0.717, 1.165) is 28.7 Å². The highest BCUT2D eigenvalue weighted by atomic mass is 19.1. The number of hydrogen-bond donors (Lipinski definition) is 1. The molecule has 0 radical (unpaired) electrons. The van der Waals surface area contributed by atoms with Gasteiger partial charge in [0, 0.05) is 0 Å². The second-order valence-electron chi connectivity index (χ2n) is 3.81. The van der Waals surface area contributed by atoms with Crippen LogP contribution in [0.4, 0.5) is 4.39 Å². The van der Waals surface area contributed by atoms with Gasteiger partial charge in [0.25, 0.3) is 0 Å². The smallest absolute Gasteiger partial charge is 0.307 e. The van der Waals surface area contributed by atoms with E-state index in [1.165, 1.54) is 12.1 Å². The summed E-state index contributed by atoms with van der Waals surface area (Å²) in [6.07, 6.45) is 0.709. The standard InChI is InChI=1S/C12H11FO2.C2H6/c1-7-4-8-2-3-9(13)5-11(8)10(7)6-12(14)15;1-2/h2-3,5H,4,6H2,1H3,(H,14,15);1-2H3. The Morgan fingerprint density at radius 1 is 1.41 bits per heavy atom. The van der Waals surface area contributed by atoms with Gasteiger partial charge < -0.3 is 5.11 Å². The molecule has 0 fully saturated rings. The van der Waals surface area contributed by atoms with E-state index in [-0.39, 0.29) is 12.2 Å². The van der Waals surface area contributed by atoms with Crippen molar-refractivity contribution in [1.82, 2.24) is 0 Å². The number of carboxylic acid groups (broad SMARTS) is 1. The van der Waals surface area contributed by atoms with Gasteiger partial charge in [0.1, 0.15) is 5.82 Å². The molecule has 0 atom stereocenters. The highest BCUT2D eigenvalue weighted by Gasteiger charge is 2.20. The van der Waals surface area contributed by atoms with Gasteiger partial charge in [0.05, 0.1) is 6.42 Å². The third-order valence-corrected chi connectivity index (χ3v) is 2.70. The topological polar surface area (TPSA) is 37.3 Å². The van der Waals surface area contributed by atoms with Gasteiger partial charge in [-0.05, 0) is 42.2 Å². The lowest BCUT2D eigenvalue weighted by atomic mass is 10.0. The summed E-state index contributed by atoms with van der Waals surface area (Å²) in [5.74, 6) is -1.19. The van der Waals surface area contributed by atoms with Crippen molar-refractivity contribution < 1.29 is 14.3 Å². The van der Waals surface area contributed by atoms with E-state index in [9.17, 15) is 9.18 Å². The van der Waals surface area contributed by atoms with Gasteiger partial charge in [-0.3, -0.25) is 4.79 Å². The van der Waals surface area contributed by atoms with Crippen LogP contribution < -0.4 is 0 Å². The molecule has 0 aliphatic heterocycles. The van der Waals surface area contributed by atoms with Gasteiger partial charge in [-0.1, -0.05) is 25.5 Å². The summed E-state index contributed by atoms with van der Waals surface area (Å²) in [5, 5.41) is 8.76. The van der Waals surface area contributed by atoms with Crippen molar-refractivity contribution in [2.75, 3.05) is 0 Å². The molecule has 92 valence electrons. The zero-order chi connectivity index (χ0) is 13.0. The zero-order valence-electron chi connectivity index (χ0n) is 10.4. The third-order valence-electron chi connectivity index (χ3n) is 2.70. The molecule has 17 heavy (non-hydrogen) atoms. The van der Waals surface area contributed by atoms with E-state index in [4.69, 9.17) is 5.11 Å². The lowest BCUT2D eigenvalue weighted by Gasteiger charge is -2.03. The number of carboxylic acids is 1. The van der Waals surface area contributed by atoms with E-state index in [2.05, 4.69) is 0 Å². The van der Waals surface area contributed by atoms with Crippen LogP contribution in [0.5, 0.6) is 0 Å². The summed E-state index contributed by atoms with van der Waals surface area (Å²) in [6, 6.07) is 4.56. The maximum atomic E-state index is 13.0. The Morgan fingerprint density at radius 3 is 2.65 bits per heavy atom. The Bertz CT molecular complexity index is 461. The highest BCUT2D eigenvalue weighted by molar-refractivity contribution is 5.88. The molecule has 1 aliphatic carbocycles. The summed E-state index contributed by atoms with van der Waals surface area (Å²) in [5.41, 5.74) is 3.56. The average Bonchev–Trinajstić information content (AvgIpc) is 2.58. The minimum atomic E-state index is -0.874. The van der Waals surface area contributed by atoms with Gasteiger partial charge in [0.2, 0.25) is 0 Å². The van der Waals surface area contributed by atoms with Crippen LogP contribution in [0.3, 0.4) is 0 Å². The van der Waals surface area contributed by atoms with Crippen LogP contribution in [0.25, 0.3) is 5.57 Å². The number of allylic oxidation sites excluding steroid dienone is 1. The number of benzene rings is 1. The lowest BCUT2D eigenvalue weighted by molar-refractivity contribution is -0.135. The molecule has 0 unspecified atom stereocenters. The summed E-state index contributed by atoms with van der Waals surface area (Å²) in [7, 11) is 0. The molecule has 0 spiro atoms. The van der Waals surface area contributed by atoms with Crippen molar-refractivity contribution in [3.63, 3.8) is 0 Å². The normalized spacial score (nSPS) is 12.9. The van der Waals surface area contributed by atoms with Crippen molar-refractivity contribution in [2.45, 2.75) is 33.6 Å². The molecule has 1 N–H and O–H groups in total. The maximum Gasteiger partial charge on any atom is 0.307 e. The summed E-state index contributed by atoms with van der Waals surface area (Å²) in [6.45, 7) is 5.90. The summed E-state index contributed by atoms with van der Waals surface area (Å²) >= 11 is 0. The maximum absolute atomic E-state index is 13.0. The van der Waals surface area contributed by atoms with E-state index in [0.29, 0.717) is 0 Å². The van der Waals surface area contributed by atoms with Gasteiger partial charge >= 0.3 is 5.97 Å². The minimum absolute atomic E-state index is 0.0255. The first-order valence-electron chi connectivity index (χ1n) is 5.77. The molecule has 2 rings (SSSR count). The number of rotatable bonds is 2.